The maximum Gasteiger partial charge on any atom is 0.134 e. The molecule has 2 unspecified atom stereocenters. The number of nitrogens with one attached hydrogen (secondary N) is 2. The van der Waals surface area contributed by atoms with Gasteiger partial charge in [-0.05, 0) is 32.2 Å². The molecule has 2 aliphatic rings. The molecule has 3 rings (SSSR count). The molecule has 19 heavy (non-hydrogen) atoms. The van der Waals surface area contributed by atoms with Gasteiger partial charge in [-0.1, -0.05) is 6.92 Å². The first kappa shape index (κ1) is 12.7. The second-order valence-corrected chi connectivity index (χ2v) is 5.44. The lowest BCUT2D eigenvalue weighted by Crippen LogP contribution is -2.34. The Morgan fingerprint density at radius 3 is 2.89 bits per heavy atom. The second-order valence-electron chi connectivity index (χ2n) is 5.44. The van der Waals surface area contributed by atoms with E-state index in [-0.39, 0.29) is 0 Å². The zero-order chi connectivity index (χ0) is 13.2. The van der Waals surface area contributed by atoms with E-state index < -0.39 is 0 Å². The fourth-order valence-electron chi connectivity index (χ4n) is 3.51. The van der Waals surface area contributed by atoms with Gasteiger partial charge in [-0.2, -0.15) is 0 Å². The summed E-state index contributed by atoms with van der Waals surface area (Å²) >= 11 is 0. The van der Waals surface area contributed by atoms with E-state index in [4.69, 9.17) is 0 Å². The van der Waals surface area contributed by atoms with Crippen LogP contribution in [0.3, 0.4) is 0 Å². The van der Waals surface area contributed by atoms with Crippen LogP contribution in [0.1, 0.15) is 31.7 Å². The van der Waals surface area contributed by atoms with Gasteiger partial charge in [-0.3, -0.25) is 4.90 Å². The third-order valence-corrected chi connectivity index (χ3v) is 4.46. The fraction of sp³-hybridized carbons (Fsp3) is 0.714. The Bertz CT molecular complexity index is 447. The number of fused-ring (bicyclic) bond motifs is 1. The Balaban J connectivity index is 1.79. The smallest absolute Gasteiger partial charge is 0.134 e. The van der Waals surface area contributed by atoms with Gasteiger partial charge in [0.25, 0.3) is 0 Å². The van der Waals surface area contributed by atoms with Gasteiger partial charge in [0, 0.05) is 31.2 Å². The first-order valence-electron chi connectivity index (χ1n) is 7.35. The number of anilines is 2. The van der Waals surface area contributed by atoms with Crippen LogP contribution in [0, 0.1) is 0 Å². The summed E-state index contributed by atoms with van der Waals surface area (Å²) in [6.45, 7) is 4.66. The first-order chi connectivity index (χ1) is 9.33. The number of hydrogen-bond donors (Lipinski definition) is 2. The lowest BCUT2D eigenvalue weighted by Gasteiger charge is -2.23. The highest BCUT2D eigenvalue weighted by atomic mass is 15.2. The monoisotopic (exact) mass is 261 g/mol. The minimum absolute atomic E-state index is 0.549. The number of hydrogen-bond acceptors (Lipinski definition) is 5. The third kappa shape index (κ3) is 2.27. The highest BCUT2D eigenvalue weighted by Gasteiger charge is 2.37. The Morgan fingerprint density at radius 1 is 1.26 bits per heavy atom. The average molecular weight is 261 g/mol. The molecule has 2 saturated heterocycles. The first-order valence-corrected chi connectivity index (χ1v) is 7.35. The van der Waals surface area contributed by atoms with Crippen LogP contribution in [0.15, 0.2) is 6.33 Å². The van der Waals surface area contributed by atoms with Crippen molar-refractivity contribution in [2.75, 3.05) is 30.8 Å². The predicted molar refractivity (Wildman–Crippen MR) is 77.6 cm³/mol. The molecule has 0 aliphatic carbocycles. The van der Waals surface area contributed by atoms with Crippen LogP contribution in [-0.2, 0) is 6.42 Å². The summed E-state index contributed by atoms with van der Waals surface area (Å²) in [4.78, 5) is 11.4. The van der Waals surface area contributed by atoms with Gasteiger partial charge >= 0.3 is 0 Å². The standard InChI is InChI=1S/C14H23N5/c1-3-10-13(15-2)16-9-17-14(10)18-11-6-8-19-7-4-5-12(11)19/h9,11-12H,3-8H2,1-2H3,(H2,15,16,17,18). The summed E-state index contributed by atoms with van der Waals surface area (Å²) in [5.41, 5.74) is 1.20. The lowest BCUT2D eigenvalue weighted by atomic mass is 10.1. The molecule has 2 fully saturated rings. The molecular formula is C14H23N5. The van der Waals surface area contributed by atoms with E-state index in [0.29, 0.717) is 12.1 Å². The molecule has 5 heteroatoms. The molecule has 0 spiro atoms. The van der Waals surface area contributed by atoms with Gasteiger partial charge < -0.3 is 10.6 Å². The quantitative estimate of drug-likeness (QED) is 0.864. The molecule has 1 aromatic heterocycles. The number of aromatic nitrogens is 2. The molecule has 2 aliphatic heterocycles. The number of nitrogens with zero attached hydrogens (tertiary/aromatic N) is 3. The van der Waals surface area contributed by atoms with E-state index in [0.717, 1.165) is 18.1 Å². The maximum absolute atomic E-state index is 4.46. The highest BCUT2D eigenvalue weighted by Crippen LogP contribution is 2.31. The molecule has 0 amide bonds. The molecular weight excluding hydrogens is 238 g/mol. The van der Waals surface area contributed by atoms with E-state index in [9.17, 15) is 0 Å². The van der Waals surface area contributed by atoms with Crippen LogP contribution < -0.4 is 10.6 Å². The van der Waals surface area contributed by atoms with Crippen LogP contribution in [0.4, 0.5) is 11.6 Å². The zero-order valence-electron chi connectivity index (χ0n) is 11.8. The molecule has 0 saturated carbocycles. The minimum Gasteiger partial charge on any atom is -0.373 e. The Hall–Kier alpha value is -1.36. The average Bonchev–Trinajstić information content (AvgIpc) is 3.03. The van der Waals surface area contributed by atoms with E-state index in [1.807, 2.05) is 7.05 Å². The van der Waals surface area contributed by atoms with Crippen LogP contribution in [0.2, 0.25) is 0 Å². The SMILES string of the molecule is CCc1c(NC)ncnc1NC1CCN2CCCC12. The molecule has 2 N–H and O–H groups in total. The van der Waals surface area contributed by atoms with Gasteiger partial charge in [-0.25, -0.2) is 9.97 Å². The van der Waals surface area contributed by atoms with Crippen molar-refractivity contribution in [3.05, 3.63) is 11.9 Å². The molecule has 0 aromatic carbocycles. The van der Waals surface area contributed by atoms with Crippen LogP contribution >= 0.6 is 0 Å². The minimum atomic E-state index is 0.549. The molecule has 0 bridgehead atoms. The highest BCUT2D eigenvalue weighted by molar-refractivity contribution is 5.57. The second kappa shape index (κ2) is 5.33. The molecule has 104 valence electrons. The van der Waals surface area contributed by atoms with Gasteiger partial charge in [-0.15, -0.1) is 0 Å². The van der Waals surface area contributed by atoms with Crippen molar-refractivity contribution in [3.63, 3.8) is 0 Å². The molecule has 5 nitrogen and oxygen atoms in total. The molecule has 0 radical (unpaired) electrons. The van der Waals surface area contributed by atoms with Gasteiger partial charge in [0.15, 0.2) is 0 Å². The van der Waals surface area contributed by atoms with E-state index in [1.54, 1.807) is 6.33 Å². The Morgan fingerprint density at radius 2 is 2.11 bits per heavy atom. The van der Waals surface area contributed by atoms with Crippen molar-refractivity contribution in [2.24, 2.45) is 0 Å². The Labute approximate surface area is 114 Å². The van der Waals surface area contributed by atoms with Crippen molar-refractivity contribution in [2.45, 2.75) is 44.7 Å². The van der Waals surface area contributed by atoms with E-state index in [2.05, 4.69) is 32.4 Å². The summed E-state index contributed by atoms with van der Waals surface area (Å²) in [5.74, 6) is 1.96. The normalized spacial score (nSPS) is 26.4. The van der Waals surface area contributed by atoms with Gasteiger partial charge in [0.2, 0.25) is 0 Å². The van der Waals surface area contributed by atoms with Gasteiger partial charge in [0.1, 0.15) is 18.0 Å². The van der Waals surface area contributed by atoms with Crippen LogP contribution in [0.25, 0.3) is 0 Å². The van der Waals surface area contributed by atoms with Crippen molar-refractivity contribution < 1.29 is 0 Å². The van der Waals surface area contributed by atoms with E-state index in [1.165, 1.54) is 37.9 Å². The summed E-state index contributed by atoms with van der Waals surface area (Å²) < 4.78 is 0. The summed E-state index contributed by atoms with van der Waals surface area (Å²) in [6.07, 6.45) is 6.49. The van der Waals surface area contributed by atoms with Crippen molar-refractivity contribution in [3.8, 4) is 0 Å². The maximum atomic E-state index is 4.46. The molecule has 1 aromatic rings. The zero-order valence-corrected chi connectivity index (χ0v) is 11.8. The predicted octanol–water partition coefficient (Wildman–Crippen LogP) is 1.73. The van der Waals surface area contributed by atoms with Crippen LogP contribution in [0.5, 0.6) is 0 Å². The van der Waals surface area contributed by atoms with Crippen LogP contribution in [-0.4, -0.2) is 47.1 Å². The Kier molecular flexibility index (Phi) is 3.55. The van der Waals surface area contributed by atoms with E-state index >= 15 is 0 Å². The summed E-state index contributed by atoms with van der Waals surface area (Å²) in [6, 6.07) is 1.25. The topological polar surface area (TPSA) is 53.1 Å². The summed E-state index contributed by atoms with van der Waals surface area (Å²) in [5, 5.41) is 6.83. The molecule has 2 atom stereocenters. The van der Waals surface area contributed by atoms with Crippen molar-refractivity contribution in [1.82, 2.24) is 14.9 Å². The fourth-order valence-corrected chi connectivity index (χ4v) is 3.51. The molecule has 3 heterocycles. The largest absolute Gasteiger partial charge is 0.373 e. The van der Waals surface area contributed by atoms with Gasteiger partial charge in [0.05, 0.1) is 0 Å². The van der Waals surface area contributed by atoms with Crippen molar-refractivity contribution in [1.29, 1.82) is 0 Å². The lowest BCUT2D eigenvalue weighted by molar-refractivity contribution is 0.318. The third-order valence-electron chi connectivity index (χ3n) is 4.46. The number of rotatable bonds is 4. The van der Waals surface area contributed by atoms with Crippen molar-refractivity contribution >= 4 is 11.6 Å². The summed E-state index contributed by atoms with van der Waals surface area (Å²) in [7, 11) is 1.92.